The molecule has 9 heteroatoms. The van der Waals surface area contributed by atoms with Crippen molar-refractivity contribution in [1.29, 1.82) is 5.26 Å². The van der Waals surface area contributed by atoms with E-state index in [1.807, 2.05) is 47.5 Å². The van der Waals surface area contributed by atoms with Crippen LogP contribution in [-0.4, -0.2) is 35.7 Å². The number of rotatable bonds is 5. The number of hydrogen-bond donors (Lipinski definition) is 1. The van der Waals surface area contributed by atoms with Crippen molar-refractivity contribution in [3.8, 4) is 17.3 Å². The number of halogens is 3. The summed E-state index contributed by atoms with van der Waals surface area (Å²) in [4.78, 5) is 28.4. The maximum atomic E-state index is 14.3. The van der Waals surface area contributed by atoms with Gasteiger partial charge in [0.25, 0.3) is 0 Å². The van der Waals surface area contributed by atoms with Crippen LogP contribution in [0.1, 0.15) is 60.1 Å². The molecule has 1 aliphatic rings. The molecule has 0 aliphatic carbocycles. The van der Waals surface area contributed by atoms with Gasteiger partial charge in [0.1, 0.15) is 0 Å². The van der Waals surface area contributed by atoms with Gasteiger partial charge < -0.3 is 0 Å². The third kappa shape index (κ3) is 6.44. The number of hydrogen-bond acceptors (Lipinski definition) is 4. The predicted octanol–water partition coefficient (Wildman–Crippen LogP) is 7.38. The average molecular weight is 648 g/mol. The second-order valence-corrected chi connectivity index (χ2v) is 17.3. The van der Waals surface area contributed by atoms with Gasteiger partial charge in [-0.3, -0.25) is 0 Å². The number of aryl methyl sites for hydroxylation is 2. The first-order valence-electron chi connectivity index (χ1n) is 12.7. The molecule has 1 atom stereocenters. The number of nitrogens with zero attached hydrogens (tertiary/aromatic N) is 1. The van der Waals surface area contributed by atoms with Crippen LogP contribution in [-0.2, 0) is 10.9 Å². The number of aromatic amines is 1. The van der Waals surface area contributed by atoms with E-state index in [0.29, 0.717) is 22.3 Å². The Kier molecular flexibility index (Phi) is 8.23. The van der Waals surface area contributed by atoms with Gasteiger partial charge in [0.05, 0.1) is 0 Å². The first-order chi connectivity index (χ1) is 18.7. The second-order valence-electron chi connectivity index (χ2n) is 10.9. The van der Waals surface area contributed by atoms with Crippen molar-refractivity contribution in [2.75, 3.05) is 0 Å². The van der Waals surface area contributed by atoms with Crippen LogP contribution >= 0.6 is 0 Å². The molecule has 0 spiro atoms. The Morgan fingerprint density at radius 1 is 1.05 bits per heavy atom. The Bertz CT molecular complexity index is 1640. The number of carbonyl (C=O) groups is 1. The maximum absolute atomic E-state index is 14.3. The van der Waals surface area contributed by atoms with E-state index in [1.165, 1.54) is 0 Å². The number of nitrogens with one attached hydrogen (secondary N) is 1. The fraction of sp³-hybridized carbons (Fsp3) is 0.258. The van der Waals surface area contributed by atoms with Crippen LogP contribution in [0.5, 0.6) is 0 Å². The number of aromatic nitrogens is 1. The minimum absolute atomic E-state index is 0.0185. The van der Waals surface area contributed by atoms with Crippen LogP contribution in [0.15, 0.2) is 67.1 Å². The van der Waals surface area contributed by atoms with E-state index >= 15 is 0 Å². The molecule has 1 unspecified atom stereocenters. The monoisotopic (exact) mass is 648 g/mol. The molecule has 0 bridgehead atoms. The number of ether oxygens (including phenoxy) is 1. The van der Waals surface area contributed by atoms with Crippen molar-refractivity contribution in [1.82, 2.24) is 4.98 Å². The van der Waals surface area contributed by atoms with Gasteiger partial charge in [-0.2, -0.15) is 0 Å². The summed E-state index contributed by atoms with van der Waals surface area (Å²) >= 11 is -2.93. The first kappa shape index (κ1) is 29.5. The average Bonchev–Trinajstić information content (AvgIpc) is 3.35. The van der Waals surface area contributed by atoms with Gasteiger partial charge in [-0.1, -0.05) is 17.7 Å². The summed E-state index contributed by atoms with van der Waals surface area (Å²) in [5.41, 5.74) is 0.398. The zero-order chi connectivity index (χ0) is 29.4. The fourth-order valence-corrected chi connectivity index (χ4v) is 10.5. The minimum atomic E-state index is -4.87. The molecule has 40 heavy (non-hydrogen) atoms. The van der Waals surface area contributed by atoms with Crippen LogP contribution < -0.4 is 5.56 Å². The van der Waals surface area contributed by atoms with E-state index in [0.717, 1.165) is 17.2 Å². The van der Waals surface area contributed by atoms with E-state index in [9.17, 15) is 28.0 Å². The molecule has 1 aliphatic heterocycles. The van der Waals surface area contributed by atoms with Crippen molar-refractivity contribution in [3.63, 3.8) is 0 Å². The molecule has 0 saturated carbocycles. The first-order valence-corrected chi connectivity index (χ1v) is 18.2. The number of nitriles is 1. The number of carbonyl (C=O) groups excluding carboxylic acids is 1. The number of alkyl halides is 3. The van der Waals surface area contributed by atoms with Gasteiger partial charge in [-0.15, -0.1) is 0 Å². The summed E-state index contributed by atoms with van der Waals surface area (Å²) in [7, 11) is 0. The fourth-order valence-electron chi connectivity index (χ4n) is 4.77. The Morgan fingerprint density at radius 3 is 2.38 bits per heavy atom. The van der Waals surface area contributed by atoms with Crippen LogP contribution in [0, 0.1) is 25.2 Å². The quantitative estimate of drug-likeness (QED) is 0.313. The third-order valence-electron chi connectivity index (χ3n) is 6.56. The summed E-state index contributed by atoms with van der Waals surface area (Å²) in [5.74, 6) is -1.40. The van der Waals surface area contributed by atoms with Gasteiger partial charge in [0.15, 0.2) is 0 Å². The van der Waals surface area contributed by atoms with Gasteiger partial charge in [0.2, 0.25) is 0 Å². The topological polar surface area (TPSA) is 82.9 Å². The minimum Gasteiger partial charge on any atom is -0.0561 e. The van der Waals surface area contributed by atoms with E-state index in [-0.39, 0.29) is 9.42 Å². The molecule has 3 aromatic rings. The van der Waals surface area contributed by atoms with E-state index in [2.05, 4.69) is 4.98 Å². The zero-order valence-electron chi connectivity index (χ0n) is 22.8. The van der Waals surface area contributed by atoms with E-state index < -0.39 is 55.8 Å². The molecule has 5 nitrogen and oxygen atoms in total. The molecule has 0 fully saturated rings. The molecule has 0 radical (unpaired) electrons. The summed E-state index contributed by atoms with van der Waals surface area (Å²) in [5, 5.41) is 9.90. The molecular formula is C31H28F3InN2O3. The molecule has 1 N–H and O–H groups in total. The third-order valence-corrected chi connectivity index (χ3v) is 12.2. The van der Waals surface area contributed by atoms with Crippen molar-refractivity contribution >= 4 is 30.7 Å². The molecule has 1 aromatic heterocycles. The standard InChI is InChI=1S/C26H19F3N2O.C5H9O2.In/c1-5-16(3)18-7-6-8-19(12-18)23-13-22(26(27,28)29)24(25(32)31-23)21(14-30)20-10-9-15(2)11-17(20)4;1-5(2,3)7-4-6;/h1,3,5-13,21H,2,4H3,(H,31,32);1-3H3;. The molecule has 2 heterocycles. The van der Waals surface area contributed by atoms with Gasteiger partial charge in [0, 0.05) is 0 Å². The molecule has 2 aromatic carbocycles. The summed E-state index contributed by atoms with van der Waals surface area (Å²) in [6.45, 7) is 8.98. The van der Waals surface area contributed by atoms with Gasteiger partial charge in [-0.25, -0.2) is 0 Å². The normalized spacial score (nSPS) is 14.1. The second kappa shape index (κ2) is 11.2. The van der Waals surface area contributed by atoms with Crippen molar-refractivity contribution in [2.45, 2.75) is 52.3 Å². The smallest absolute Gasteiger partial charge is 0.0561 e. The summed E-state index contributed by atoms with van der Waals surface area (Å²) < 4.78 is 52.2. The number of H-pyrrole nitrogens is 1. The summed E-state index contributed by atoms with van der Waals surface area (Å²) in [6.07, 6.45) is -3.02. The van der Waals surface area contributed by atoms with Crippen molar-refractivity contribution in [2.24, 2.45) is 0 Å². The van der Waals surface area contributed by atoms with Crippen molar-refractivity contribution in [3.05, 3.63) is 106 Å². The Hall–Kier alpha value is -3.51. The van der Waals surface area contributed by atoms with Gasteiger partial charge in [-0.05, 0) is 13.8 Å². The molecule has 0 saturated heterocycles. The van der Waals surface area contributed by atoms with Crippen LogP contribution in [0.3, 0.4) is 0 Å². The number of benzene rings is 2. The predicted molar refractivity (Wildman–Crippen MR) is 150 cm³/mol. The SMILES string of the molecule is Cc1ccc(C(C#N)c2c(C(F)(F)F)cc(-c3cccc(C4=[CH][In]([C](=O)OC(C)(C)C)[CH]=C4)c3)[nH]c2=O)c(C)c1. The molecule has 204 valence electrons. The van der Waals surface area contributed by atoms with Crippen LogP contribution in [0.2, 0.25) is 0 Å². The van der Waals surface area contributed by atoms with Crippen molar-refractivity contribution < 1.29 is 22.7 Å². The van der Waals surface area contributed by atoms with E-state index in [4.69, 9.17) is 4.74 Å². The Labute approximate surface area is 238 Å². The van der Waals surface area contributed by atoms with Crippen LogP contribution in [0.4, 0.5) is 18.0 Å². The molecule has 0 amide bonds. The Balaban J connectivity index is 1.76. The Morgan fingerprint density at radius 2 is 1.75 bits per heavy atom. The molecule has 4 rings (SSSR count). The summed E-state index contributed by atoms with van der Waals surface area (Å²) in [6, 6.07) is 14.6. The van der Waals surface area contributed by atoms with Crippen LogP contribution in [0.25, 0.3) is 16.8 Å². The number of allylic oxidation sites excluding steroid dienone is 2. The zero-order valence-corrected chi connectivity index (χ0v) is 26.1. The number of pyridine rings is 1. The van der Waals surface area contributed by atoms with Gasteiger partial charge >= 0.3 is 208 Å². The van der Waals surface area contributed by atoms with E-state index in [1.54, 1.807) is 49.4 Å². The molecular weight excluding hydrogens is 620 g/mol.